The number of ether oxygens (including phenoxy) is 1. The summed E-state index contributed by atoms with van der Waals surface area (Å²) in [7, 11) is 0. The summed E-state index contributed by atoms with van der Waals surface area (Å²) in [5, 5.41) is 5.80. The molecule has 0 aliphatic carbocycles. The predicted octanol–water partition coefficient (Wildman–Crippen LogP) is 3.49. The second kappa shape index (κ2) is 8.17. The van der Waals surface area contributed by atoms with Gasteiger partial charge in [-0.25, -0.2) is 4.79 Å². The molecule has 0 spiro atoms. The molecule has 5 heteroatoms. The third-order valence-corrected chi connectivity index (χ3v) is 4.17. The zero-order valence-corrected chi connectivity index (χ0v) is 12.7. The molecule has 2 amide bonds. The van der Waals surface area contributed by atoms with E-state index in [9.17, 15) is 4.79 Å². The van der Waals surface area contributed by atoms with Crippen molar-refractivity contribution in [3.8, 4) is 0 Å². The Hall–Kier alpha value is -1.20. The Balaban J connectivity index is 1.75. The van der Waals surface area contributed by atoms with Gasteiger partial charge in [0.2, 0.25) is 0 Å². The van der Waals surface area contributed by atoms with Gasteiger partial charge in [-0.05, 0) is 37.1 Å². The number of benzene rings is 1. The molecule has 1 aromatic rings. The smallest absolute Gasteiger partial charge is 0.319 e. The highest BCUT2D eigenvalue weighted by Gasteiger charge is 2.15. The Labute approximate surface area is 124 Å². The lowest BCUT2D eigenvalue weighted by atomic mass is 10.2. The number of anilines is 1. The maximum atomic E-state index is 11.9. The molecule has 1 atom stereocenters. The van der Waals surface area contributed by atoms with Gasteiger partial charge < -0.3 is 15.4 Å². The second-order valence-corrected chi connectivity index (χ2v) is 6.04. The maximum absolute atomic E-state index is 11.9. The first-order chi connectivity index (χ1) is 9.79. The highest BCUT2D eigenvalue weighted by atomic mass is 32.2. The Kier molecular flexibility index (Phi) is 6.21. The number of urea groups is 1. The van der Waals surface area contributed by atoms with Crippen molar-refractivity contribution in [1.82, 2.24) is 5.32 Å². The fourth-order valence-electron chi connectivity index (χ4n) is 2.24. The first-order valence-electron chi connectivity index (χ1n) is 7.18. The van der Waals surface area contributed by atoms with Gasteiger partial charge in [-0.2, -0.15) is 0 Å². The summed E-state index contributed by atoms with van der Waals surface area (Å²) in [5.41, 5.74) is 0.869. The first-order valence-corrected chi connectivity index (χ1v) is 8.16. The molecule has 2 N–H and O–H groups in total. The molecule has 0 bridgehead atoms. The summed E-state index contributed by atoms with van der Waals surface area (Å²) in [6.07, 6.45) is 3.45. The number of hydrogen-bond acceptors (Lipinski definition) is 3. The van der Waals surface area contributed by atoms with Gasteiger partial charge in [0.05, 0.1) is 11.8 Å². The number of thioether (sulfide) groups is 1. The summed E-state index contributed by atoms with van der Waals surface area (Å²) < 4.78 is 5.53. The molecule has 1 heterocycles. The van der Waals surface area contributed by atoms with E-state index < -0.39 is 0 Å². The van der Waals surface area contributed by atoms with Gasteiger partial charge in [-0.3, -0.25) is 0 Å². The normalized spacial score (nSPS) is 17.9. The third kappa shape index (κ3) is 4.72. The average Bonchev–Trinajstić information content (AvgIpc) is 2.94. The molecule has 1 saturated heterocycles. The summed E-state index contributed by atoms with van der Waals surface area (Å²) in [5.74, 6) is 0.985. The van der Waals surface area contributed by atoms with Gasteiger partial charge in [-0.1, -0.05) is 19.1 Å². The van der Waals surface area contributed by atoms with Crippen LogP contribution in [0.3, 0.4) is 0 Å². The van der Waals surface area contributed by atoms with Crippen LogP contribution in [-0.4, -0.2) is 31.0 Å². The largest absolute Gasteiger partial charge is 0.378 e. The number of hydrogen-bond donors (Lipinski definition) is 2. The molecule has 110 valence electrons. The predicted molar refractivity (Wildman–Crippen MR) is 83.5 cm³/mol. The van der Waals surface area contributed by atoms with Crippen LogP contribution in [0.1, 0.15) is 26.2 Å². The molecule has 0 saturated carbocycles. The van der Waals surface area contributed by atoms with Crippen LogP contribution in [0.5, 0.6) is 0 Å². The monoisotopic (exact) mass is 294 g/mol. The highest BCUT2D eigenvalue weighted by Crippen LogP contribution is 2.26. The Morgan fingerprint density at radius 3 is 3.05 bits per heavy atom. The second-order valence-electron chi connectivity index (χ2n) is 4.73. The molecule has 1 fully saturated rings. The van der Waals surface area contributed by atoms with Crippen LogP contribution < -0.4 is 10.6 Å². The van der Waals surface area contributed by atoms with Crippen LogP contribution in [0, 0.1) is 0 Å². The van der Waals surface area contributed by atoms with Crippen LogP contribution in [0.15, 0.2) is 29.2 Å². The van der Waals surface area contributed by atoms with E-state index in [1.165, 1.54) is 0 Å². The van der Waals surface area contributed by atoms with Crippen LogP contribution in [0.2, 0.25) is 0 Å². The fourth-order valence-corrected chi connectivity index (χ4v) is 3.00. The van der Waals surface area contributed by atoms with Gasteiger partial charge in [0, 0.05) is 18.0 Å². The molecule has 2 rings (SSSR count). The molecule has 0 radical (unpaired) electrons. The van der Waals surface area contributed by atoms with E-state index in [1.807, 2.05) is 24.3 Å². The van der Waals surface area contributed by atoms with Gasteiger partial charge in [0.15, 0.2) is 0 Å². The molecule has 1 unspecified atom stereocenters. The minimum atomic E-state index is -0.146. The van der Waals surface area contributed by atoms with Crippen LogP contribution in [0.4, 0.5) is 10.5 Å². The van der Waals surface area contributed by atoms with Crippen LogP contribution in [-0.2, 0) is 4.74 Å². The van der Waals surface area contributed by atoms with Crippen molar-refractivity contribution in [1.29, 1.82) is 0 Å². The van der Waals surface area contributed by atoms with E-state index in [1.54, 1.807) is 11.8 Å². The summed E-state index contributed by atoms with van der Waals surface area (Å²) in [6.45, 7) is 3.61. The van der Waals surface area contributed by atoms with Gasteiger partial charge in [0.1, 0.15) is 0 Å². The van der Waals surface area contributed by atoms with Gasteiger partial charge >= 0.3 is 6.03 Å². The quantitative estimate of drug-likeness (QED) is 0.790. The van der Waals surface area contributed by atoms with E-state index >= 15 is 0 Å². The van der Waals surface area contributed by atoms with Crippen molar-refractivity contribution >= 4 is 23.5 Å². The number of amides is 2. The van der Waals surface area contributed by atoms with Crippen LogP contribution in [0.25, 0.3) is 0 Å². The number of para-hydroxylation sites is 1. The number of carbonyl (C=O) groups excluding carboxylic acids is 1. The third-order valence-electron chi connectivity index (χ3n) is 3.21. The molecule has 1 aliphatic rings. The lowest BCUT2D eigenvalue weighted by molar-refractivity contribution is 0.105. The Morgan fingerprint density at radius 2 is 2.30 bits per heavy atom. The van der Waals surface area contributed by atoms with Crippen molar-refractivity contribution in [2.24, 2.45) is 0 Å². The van der Waals surface area contributed by atoms with E-state index in [4.69, 9.17) is 4.74 Å². The summed E-state index contributed by atoms with van der Waals surface area (Å²) in [6, 6.07) is 7.72. The van der Waals surface area contributed by atoms with Crippen molar-refractivity contribution in [2.45, 2.75) is 37.2 Å². The number of nitrogens with one attached hydrogen (secondary N) is 2. The molecular formula is C15H22N2O2S. The van der Waals surface area contributed by atoms with Crippen molar-refractivity contribution in [3.63, 3.8) is 0 Å². The molecule has 1 aromatic carbocycles. The van der Waals surface area contributed by atoms with Gasteiger partial charge in [-0.15, -0.1) is 11.8 Å². The standard InChI is InChI=1S/C15H22N2O2S/c1-2-20-14-8-4-3-7-13(14)17-15(18)16-10-9-12-6-5-11-19-12/h3-4,7-8,12H,2,5-6,9-11H2,1H3,(H2,16,17,18). The SMILES string of the molecule is CCSc1ccccc1NC(=O)NCCC1CCCO1. The molecule has 4 nitrogen and oxygen atoms in total. The minimum absolute atomic E-state index is 0.146. The molecule has 0 aromatic heterocycles. The zero-order chi connectivity index (χ0) is 14.2. The van der Waals surface area contributed by atoms with Crippen molar-refractivity contribution in [2.75, 3.05) is 24.2 Å². The summed E-state index contributed by atoms with van der Waals surface area (Å²) in [4.78, 5) is 13.0. The minimum Gasteiger partial charge on any atom is -0.378 e. The van der Waals surface area contributed by atoms with Crippen molar-refractivity contribution in [3.05, 3.63) is 24.3 Å². The molecular weight excluding hydrogens is 272 g/mol. The Morgan fingerprint density at radius 1 is 1.45 bits per heavy atom. The van der Waals surface area contributed by atoms with Gasteiger partial charge in [0.25, 0.3) is 0 Å². The lowest BCUT2D eigenvalue weighted by Crippen LogP contribution is -2.31. The fraction of sp³-hybridized carbons (Fsp3) is 0.533. The molecule has 20 heavy (non-hydrogen) atoms. The number of rotatable bonds is 6. The summed E-state index contributed by atoms with van der Waals surface area (Å²) >= 11 is 1.73. The average molecular weight is 294 g/mol. The van der Waals surface area contributed by atoms with E-state index in [0.717, 1.165) is 42.2 Å². The first kappa shape index (κ1) is 15.2. The topological polar surface area (TPSA) is 50.4 Å². The van der Waals surface area contributed by atoms with E-state index in [0.29, 0.717) is 12.6 Å². The maximum Gasteiger partial charge on any atom is 0.319 e. The van der Waals surface area contributed by atoms with E-state index in [2.05, 4.69) is 17.6 Å². The highest BCUT2D eigenvalue weighted by molar-refractivity contribution is 7.99. The Bertz CT molecular complexity index is 434. The van der Waals surface area contributed by atoms with Crippen LogP contribution >= 0.6 is 11.8 Å². The number of carbonyl (C=O) groups is 1. The molecule has 1 aliphatic heterocycles. The lowest BCUT2D eigenvalue weighted by Gasteiger charge is -2.12. The van der Waals surface area contributed by atoms with Crippen molar-refractivity contribution < 1.29 is 9.53 Å². The zero-order valence-electron chi connectivity index (χ0n) is 11.9. The van der Waals surface area contributed by atoms with E-state index in [-0.39, 0.29) is 6.03 Å².